The number of nitrogens with one attached hydrogen (secondary N) is 1. The van der Waals surface area contributed by atoms with Gasteiger partial charge in [-0.2, -0.15) is 0 Å². The molecule has 0 aliphatic carbocycles. The summed E-state index contributed by atoms with van der Waals surface area (Å²) in [5, 5.41) is 2.91. The molecule has 0 fully saturated rings. The van der Waals surface area contributed by atoms with Crippen LogP contribution in [0.15, 0.2) is 18.2 Å². The maximum atomic E-state index is 11.7. The van der Waals surface area contributed by atoms with Crippen LogP contribution in [0.3, 0.4) is 0 Å². The minimum atomic E-state index is 0.0885. The summed E-state index contributed by atoms with van der Waals surface area (Å²) in [5.41, 5.74) is 3.44. The van der Waals surface area contributed by atoms with Crippen molar-refractivity contribution in [3.05, 3.63) is 34.9 Å². The molecule has 0 bridgehead atoms. The number of benzene rings is 1. The molecule has 1 aliphatic heterocycles. The van der Waals surface area contributed by atoms with Crippen LogP contribution in [0.2, 0.25) is 0 Å². The lowest BCUT2D eigenvalue weighted by Gasteiger charge is -2.06. The molecule has 15 heavy (non-hydrogen) atoms. The zero-order chi connectivity index (χ0) is 10.7. The Morgan fingerprint density at radius 1 is 1.40 bits per heavy atom. The highest BCUT2D eigenvalue weighted by Gasteiger charge is 2.14. The van der Waals surface area contributed by atoms with Crippen LogP contribution in [0.4, 0.5) is 0 Å². The van der Waals surface area contributed by atoms with Gasteiger partial charge in [0.15, 0.2) is 0 Å². The number of carbonyl (C=O) groups is 1. The molecule has 80 valence electrons. The second kappa shape index (κ2) is 4.47. The van der Waals surface area contributed by atoms with Crippen LogP contribution in [0.5, 0.6) is 0 Å². The van der Waals surface area contributed by atoms with E-state index in [9.17, 15) is 4.79 Å². The lowest BCUT2D eigenvalue weighted by atomic mass is 9.99. The molecule has 0 radical (unpaired) electrons. The van der Waals surface area contributed by atoms with Crippen molar-refractivity contribution in [2.45, 2.75) is 32.6 Å². The summed E-state index contributed by atoms with van der Waals surface area (Å²) in [6.45, 7) is 2.98. The Balaban J connectivity index is 2.33. The molecule has 2 heteroatoms. The van der Waals surface area contributed by atoms with Crippen molar-refractivity contribution in [3.63, 3.8) is 0 Å². The SMILES string of the molecule is CCCc1ccc2c(c1)CCCNC2=O. The van der Waals surface area contributed by atoms with Gasteiger partial charge in [-0.05, 0) is 36.5 Å². The van der Waals surface area contributed by atoms with E-state index in [0.29, 0.717) is 0 Å². The molecule has 0 atom stereocenters. The number of carbonyl (C=O) groups excluding carboxylic acids is 1. The lowest BCUT2D eigenvalue weighted by molar-refractivity contribution is 0.0956. The second-order valence-corrected chi connectivity index (χ2v) is 4.10. The van der Waals surface area contributed by atoms with Crippen molar-refractivity contribution in [2.75, 3.05) is 6.54 Å². The molecule has 0 saturated carbocycles. The van der Waals surface area contributed by atoms with Gasteiger partial charge in [0.2, 0.25) is 0 Å². The van der Waals surface area contributed by atoms with Crippen LogP contribution < -0.4 is 5.32 Å². The fourth-order valence-corrected chi connectivity index (χ4v) is 2.10. The van der Waals surface area contributed by atoms with Gasteiger partial charge in [-0.15, -0.1) is 0 Å². The average molecular weight is 203 g/mol. The fourth-order valence-electron chi connectivity index (χ4n) is 2.10. The molecule has 0 saturated heterocycles. The van der Waals surface area contributed by atoms with Crippen LogP contribution in [0, 0.1) is 0 Å². The second-order valence-electron chi connectivity index (χ2n) is 4.10. The van der Waals surface area contributed by atoms with Gasteiger partial charge in [0.1, 0.15) is 0 Å². The van der Waals surface area contributed by atoms with E-state index in [0.717, 1.165) is 37.8 Å². The summed E-state index contributed by atoms with van der Waals surface area (Å²) in [7, 11) is 0. The molecule has 1 N–H and O–H groups in total. The predicted octanol–water partition coefficient (Wildman–Crippen LogP) is 2.32. The normalized spacial score (nSPS) is 15.4. The van der Waals surface area contributed by atoms with E-state index in [2.05, 4.69) is 24.4 Å². The smallest absolute Gasteiger partial charge is 0.251 e. The van der Waals surface area contributed by atoms with Crippen LogP contribution in [0.25, 0.3) is 0 Å². The summed E-state index contributed by atoms with van der Waals surface area (Å²) < 4.78 is 0. The number of hydrogen-bond acceptors (Lipinski definition) is 1. The van der Waals surface area contributed by atoms with Crippen molar-refractivity contribution < 1.29 is 4.79 Å². The van der Waals surface area contributed by atoms with Gasteiger partial charge in [0.05, 0.1) is 0 Å². The maximum Gasteiger partial charge on any atom is 0.251 e. The Hall–Kier alpha value is -1.31. The van der Waals surface area contributed by atoms with E-state index >= 15 is 0 Å². The molecule has 0 spiro atoms. The number of amides is 1. The third-order valence-corrected chi connectivity index (χ3v) is 2.86. The minimum absolute atomic E-state index is 0.0885. The zero-order valence-electron chi connectivity index (χ0n) is 9.18. The van der Waals surface area contributed by atoms with Crippen molar-refractivity contribution in [1.29, 1.82) is 0 Å². The maximum absolute atomic E-state index is 11.7. The Morgan fingerprint density at radius 3 is 3.07 bits per heavy atom. The average Bonchev–Trinajstić information content (AvgIpc) is 2.41. The number of rotatable bonds is 2. The monoisotopic (exact) mass is 203 g/mol. The van der Waals surface area contributed by atoms with Crippen LogP contribution in [-0.4, -0.2) is 12.5 Å². The molecular weight excluding hydrogens is 186 g/mol. The molecule has 2 nitrogen and oxygen atoms in total. The van der Waals surface area contributed by atoms with Gasteiger partial charge in [-0.1, -0.05) is 25.5 Å². The van der Waals surface area contributed by atoms with E-state index in [4.69, 9.17) is 0 Å². The number of fused-ring (bicyclic) bond motifs is 1. The molecule has 0 aromatic heterocycles. The summed E-state index contributed by atoms with van der Waals surface area (Å²) in [5.74, 6) is 0.0885. The zero-order valence-corrected chi connectivity index (χ0v) is 9.18. The Morgan fingerprint density at radius 2 is 2.27 bits per heavy atom. The topological polar surface area (TPSA) is 29.1 Å². The van der Waals surface area contributed by atoms with Crippen LogP contribution in [0.1, 0.15) is 41.3 Å². The first-order chi connectivity index (χ1) is 7.31. The standard InChI is InChI=1S/C13H17NO/c1-2-4-10-6-7-12-11(9-10)5-3-8-14-13(12)15/h6-7,9H,2-5,8H2,1H3,(H,14,15). The third kappa shape index (κ3) is 2.20. The van der Waals surface area contributed by atoms with E-state index in [-0.39, 0.29) is 5.91 Å². The van der Waals surface area contributed by atoms with Gasteiger partial charge in [-0.25, -0.2) is 0 Å². The molecule has 2 rings (SSSR count). The van der Waals surface area contributed by atoms with Crippen LogP contribution in [-0.2, 0) is 12.8 Å². The third-order valence-electron chi connectivity index (χ3n) is 2.86. The fraction of sp³-hybridized carbons (Fsp3) is 0.462. The van der Waals surface area contributed by atoms with Gasteiger partial charge in [-0.3, -0.25) is 4.79 Å². The van der Waals surface area contributed by atoms with E-state index < -0.39 is 0 Å². The van der Waals surface area contributed by atoms with Crippen molar-refractivity contribution in [2.24, 2.45) is 0 Å². The summed E-state index contributed by atoms with van der Waals surface area (Å²) in [4.78, 5) is 11.7. The highest BCUT2D eigenvalue weighted by molar-refractivity contribution is 5.96. The van der Waals surface area contributed by atoms with Gasteiger partial charge >= 0.3 is 0 Å². The van der Waals surface area contributed by atoms with Gasteiger partial charge < -0.3 is 5.32 Å². The Bertz CT molecular complexity index is 371. The first kappa shape index (κ1) is 10.2. The summed E-state index contributed by atoms with van der Waals surface area (Å²) in [6, 6.07) is 6.25. The highest BCUT2D eigenvalue weighted by Crippen LogP contribution is 2.17. The lowest BCUT2D eigenvalue weighted by Crippen LogP contribution is -2.22. The van der Waals surface area contributed by atoms with E-state index in [1.807, 2.05) is 6.07 Å². The molecule has 1 aromatic rings. The van der Waals surface area contributed by atoms with Crippen molar-refractivity contribution in [3.8, 4) is 0 Å². The molecule has 0 unspecified atom stereocenters. The molecule has 1 heterocycles. The quantitative estimate of drug-likeness (QED) is 0.785. The van der Waals surface area contributed by atoms with Crippen LogP contribution >= 0.6 is 0 Å². The van der Waals surface area contributed by atoms with Crippen molar-refractivity contribution in [1.82, 2.24) is 5.32 Å². The molecular formula is C13H17NO. The molecule has 1 amide bonds. The largest absolute Gasteiger partial charge is 0.352 e. The van der Waals surface area contributed by atoms with Gasteiger partial charge in [0, 0.05) is 12.1 Å². The van der Waals surface area contributed by atoms with Gasteiger partial charge in [0.25, 0.3) is 5.91 Å². The predicted molar refractivity (Wildman–Crippen MR) is 61.1 cm³/mol. The Labute approximate surface area is 90.7 Å². The minimum Gasteiger partial charge on any atom is -0.352 e. The molecule has 1 aromatic carbocycles. The molecule has 1 aliphatic rings. The highest BCUT2D eigenvalue weighted by atomic mass is 16.1. The van der Waals surface area contributed by atoms with E-state index in [1.165, 1.54) is 11.1 Å². The summed E-state index contributed by atoms with van der Waals surface area (Å²) in [6.07, 6.45) is 4.33. The first-order valence-corrected chi connectivity index (χ1v) is 5.71. The first-order valence-electron chi connectivity index (χ1n) is 5.71. The van der Waals surface area contributed by atoms with E-state index in [1.54, 1.807) is 0 Å². The van der Waals surface area contributed by atoms with Crippen molar-refractivity contribution >= 4 is 5.91 Å². The Kier molecular flexibility index (Phi) is 3.05. The number of aryl methyl sites for hydroxylation is 2. The number of hydrogen-bond donors (Lipinski definition) is 1. The summed E-state index contributed by atoms with van der Waals surface area (Å²) >= 11 is 0.